The molecule has 1 heteroatoms. The fraction of sp³-hybridized carbons (Fsp3) is 1.00. The fourth-order valence-corrected chi connectivity index (χ4v) is 4.28. The molecule has 2 aliphatic rings. The zero-order chi connectivity index (χ0) is 11.8. The summed E-state index contributed by atoms with van der Waals surface area (Å²) in [7, 11) is 2.31. The number of nitrogens with zero attached hydrogens (tertiary/aromatic N) is 1. The third-order valence-corrected chi connectivity index (χ3v) is 5.02. The zero-order valence-corrected chi connectivity index (χ0v) is 11.6. The summed E-state index contributed by atoms with van der Waals surface area (Å²) in [5.74, 6) is 2.03. The van der Waals surface area contributed by atoms with Crippen LogP contribution in [0.2, 0.25) is 0 Å². The molecule has 0 heterocycles. The van der Waals surface area contributed by atoms with Crippen molar-refractivity contribution in [2.75, 3.05) is 13.6 Å². The molecule has 0 radical (unpaired) electrons. The Morgan fingerprint density at radius 1 is 1.31 bits per heavy atom. The van der Waals surface area contributed by atoms with Gasteiger partial charge in [0, 0.05) is 12.6 Å². The Labute approximate surface area is 102 Å². The maximum Gasteiger partial charge on any atom is 0.00378 e. The van der Waals surface area contributed by atoms with Crippen molar-refractivity contribution in [3.05, 3.63) is 0 Å². The molecule has 2 aliphatic carbocycles. The lowest BCUT2D eigenvalue weighted by Crippen LogP contribution is -2.45. The smallest absolute Gasteiger partial charge is 0.00378 e. The lowest BCUT2D eigenvalue weighted by molar-refractivity contribution is 0.0117. The van der Waals surface area contributed by atoms with Crippen molar-refractivity contribution < 1.29 is 0 Å². The van der Waals surface area contributed by atoms with Gasteiger partial charge in [0.15, 0.2) is 0 Å². The largest absolute Gasteiger partial charge is 0.303 e. The van der Waals surface area contributed by atoms with Crippen LogP contribution >= 0.6 is 0 Å². The second-order valence-corrected chi connectivity index (χ2v) is 7.02. The third kappa shape index (κ3) is 2.61. The van der Waals surface area contributed by atoms with Crippen molar-refractivity contribution in [1.82, 2.24) is 4.90 Å². The molecule has 16 heavy (non-hydrogen) atoms. The standard InChI is InChI=1S/C15H29N/c1-12(2)16(4)11-15-7-5-6-14(10-15)8-13(3)9-15/h12-14H,5-11H2,1-4H3. The van der Waals surface area contributed by atoms with E-state index >= 15 is 0 Å². The van der Waals surface area contributed by atoms with E-state index in [0.717, 1.165) is 11.8 Å². The van der Waals surface area contributed by atoms with Crippen molar-refractivity contribution in [3.8, 4) is 0 Å². The van der Waals surface area contributed by atoms with Crippen LogP contribution in [-0.4, -0.2) is 24.5 Å². The Balaban J connectivity index is 2.03. The summed E-state index contributed by atoms with van der Waals surface area (Å²) in [5, 5.41) is 0. The molecule has 94 valence electrons. The first kappa shape index (κ1) is 12.4. The molecule has 2 rings (SSSR count). The van der Waals surface area contributed by atoms with Crippen molar-refractivity contribution >= 4 is 0 Å². The Hall–Kier alpha value is -0.0400. The van der Waals surface area contributed by atoms with E-state index in [1.54, 1.807) is 0 Å². The highest BCUT2D eigenvalue weighted by atomic mass is 15.1. The molecular weight excluding hydrogens is 194 g/mol. The first-order valence-electron chi connectivity index (χ1n) is 7.21. The molecule has 2 bridgehead atoms. The Morgan fingerprint density at radius 3 is 2.75 bits per heavy atom. The molecule has 0 aromatic heterocycles. The summed E-state index contributed by atoms with van der Waals surface area (Å²) in [4.78, 5) is 2.57. The molecule has 1 nitrogen and oxygen atoms in total. The average Bonchev–Trinajstić information content (AvgIpc) is 2.15. The van der Waals surface area contributed by atoms with E-state index in [1.165, 1.54) is 45.1 Å². The van der Waals surface area contributed by atoms with E-state index in [2.05, 4.69) is 32.7 Å². The highest BCUT2D eigenvalue weighted by Gasteiger charge is 2.42. The number of fused-ring (bicyclic) bond motifs is 2. The molecule has 3 atom stereocenters. The maximum absolute atomic E-state index is 2.57. The van der Waals surface area contributed by atoms with Gasteiger partial charge < -0.3 is 4.90 Å². The molecule has 0 aromatic carbocycles. The SMILES string of the molecule is CC1CC2CCCC(CN(C)C(C)C)(C1)C2. The van der Waals surface area contributed by atoms with Crippen LogP contribution in [0.1, 0.15) is 59.3 Å². The quantitative estimate of drug-likeness (QED) is 0.700. The molecule has 2 saturated carbocycles. The van der Waals surface area contributed by atoms with Crippen LogP contribution in [-0.2, 0) is 0 Å². The van der Waals surface area contributed by atoms with Gasteiger partial charge in [-0.1, -0.05) is 19.8 Å². The van der Waals surface area contributed by atoms with Gasteiger partial charge in [0.05, 0.1) is 0 Å². The average molecular weight is 223 g/mol. The van der Waals surface area contributed by atoms with Crippen molar-refractivity contribution in [3.63, 3.8) is 0 Å². The molecule has 3 unspecified atom stereocenters. The summed E-state index contributed by atoms with van der Waals surface area (Å²) >= 11 is 0. The van der Waals surface area contributed by atoms with Crippen LogP contribution in [0.3, 0.4) is 0 Å². The molecule has 2 fully saturated rings. The molecule has 0 N–H and O–H groups in total. The van der Waals surface area contributed by atoms with Crippen molar-refractivity contribution in [2.45, 2.75) is 65.3 Å². The molecule has 0 amide bonds. The minimum absolute atomic E-state index is 0.680. The predicted octanol–water partition coefficient (Wildman–Crippen LogP) is 3.93. The molecule has 0 aliphatic heterocycles. The second kappa shape index (κ2) is 4.68. The fourth-order valence-electron chi connectivity index (χ4n) is 4.28. The third-order valence-electron chi connectivity index (χ3n) is 5.02. The minimum Gasteiger partial charge on any atom is -0.303 e. The molecule has 0 saturated heterocycles. The minimum atomic E-state index is 0.680. The topological polar surface area (TPSA) is 3.24 Å². The Bertz CT molecular complexity index is 232. The summed E-state index contributed by atoms with van der Waals surface area (Å²) in [6.45, 7) is 8.46. The van der Waals surface area contributed by atoms with Gasteiger partial charge in [-0.2, -0.15) is 0 Å². The van der Waals surface area contributed by atoms with Gasteiger partial charge in [-0.05, 0) is 63.8 Å². The van der Waals surface area contributed by atoms with E-state index in [-0.39, 0.29) is 0 Å². The van der Waals surface area contributed by atoms with Gasteiger partial charge in [-0.3, -0.25) is 0 Å². The summed E-state index contributed by atoms with van der Waals surface area (Å²) < 4.78 is 0. The Morgan fingerprint density at radius 2 is 2.06 bits per heavy atom. The van der Waals surface area contributed by atoms with Crippen molar-refractivity contribution in [1.29, 1.82) is 0 Å². The van der Waals surface area contributed by atoms with E-state index in [4.69, 9.17) is 0 Å². The number of rotatable bonds is 3. The van der Waals surface area contributed by atoms with E-state index in [9.17, 15) is 0 Å². The van der Waals surface area contributed by atoms with Gasteiger partial charge in [-0.25, -0.2) is 0 Å². The van der Waals surface area contributed by atoms with Crippen LogP contribution in [0.25, 0.3) is 0 Å². The summed E-state index contributed by atoms with van der Waals surface area (Å²) in [6.07, 6.45) is 9.01. The zero-order valence-electron chi connectivity index (χ0n) is 11.6. The maximum atomic E-state index is 2.57. The van der Waals surface area contributed by atoms with Gasteiger partial charge >= 0.3 is 0 Å². The first-order valence-corrected chi connectivity index (χ1v) is 7.21. The lowest BCUT2D eigenvalue weighted by Gasteiger charge is -2.50. The van der Waals surface area contributed by atoms with Gasteiger partial charge in [0.1, 0.15) is 0 Å². The van der Waals surface area contributed by atoms with Crippen LogP contribution in [0.5, 0.6) is 0 Å². The first-order chi connectivity index (χ1) is 7.51. The van der Waals surface area contributed by atoms with E-state index in [0.29, 0.717) is 11.5 Å². The molecule has 0 spiro atoms. The van der Waals surface area contributed by atoms with E-state index < -0.39 is 0 Å². The monoisotopic (exact) mass is 223 g/mol. The predicted molar refractivity (Wildman–Crippen MR) is 70.6 cm³/mol. The molecule has 0 aromatic rings. The van der Waals surface area contributed by atoms with Gasteiger partial charge in [0.25, 0.3) is 0 Å². The second-order valence-electron chi connectivity index (χ2n) is 7.02. The van der Waals surface area contributed by atoms with Gasteiger partial charge in [0.2, 0.25) is 0 Å². The van der Waals surface area contributed by atoms with Crippen LogP contribution in [0.4, 0.5) is 0 Å². The van der Waals surface area contributed by atoms with Crippen molar-refractivity contribution in [2.24, 2.45) is 17.3 Å². The lowest BCUT2D eigenvalue weighted by atomic mass is 9.59. The number of hydrogen-bond donors (Lipinski definition) is 0. The highest BCUT2D eigenvalue weighted by Crippen LogP contribution is 2.51. The van der Waals surface area contributed by atoms with Crippen LogP contribution in [0, 0.1) is 17.3 Å². The Kier molecular flexibility index (Phi) is 3.63. The molecular formula is C15H29N. The van der Waals surface area contributed by atoms with Gasteiger partial charge in [-0.15, -0.1) is 0 Å². The van der Waals surface area contributed by atoms with E-state index in [1.807, 2.05) is 0 Å². The summed E-state index contributed by atoms with van der Waals surface area (Å²) in [5.41, 5.74) is 0.680. The van der Waals surface area contributed by atoms with Crippen LogP contribution < -0.4 is 0 Å². The summed E-state index contributed by atoms with van der Waals surface area (Å²) in [6, 6.07) is 0.701. The normalized spacial score (nSPS) is 39.4. The highest BCUT2D eigenvalue weighted by molar-refractivity contribution is 4.94. The van der Waals surface area contributed by atoms with Crippen LogP contribution in [0.15, 0.2) is 0 Å². The number of hydrogen-bond acceptors (Lipinski definition) is 1.